The Kier molecular flexibility index (Phi) is 11.1. The first kappa shape index (κ1) is 25.3. The Hall–Kier alpha value is -1.77. The van der Waals surface area contributed by atoms with Crippen LogP contribution < -0.4 is 21.7 Å². The maximum absolute atomic E-state index is 12.4. The van der Waals surface area contributed by atoms with Crippen molar-refractivity contribution in [2.75, 3.05) is 18.4 Å². The SMILES string of the molecule is Cl.Cl.NCC(=O)NC1CN[C@H](C(=O)Nc2ccc(SCc3ccccc3)cc2)C1. The first-order valence-corrected chi connectivity index (χ1v) is 9.93. The highest BCUT2D eigenvalue weighted by Crippen LogP contribution is 2.24. The molecule has 1 fully saturated rings. The highest BCUT2D eigenvalue weighted by molar-refractivity contribution is 7.98. The average Bonchev–Trinajstić information content (AvgIpc) is 3.17. The molecule has 0 radical (unpaired) electrons. The molecule has 1 aliphatic rings. The van der Waals surface area contributed by atoms with Crippen molar-refractivity contribution in [3.05, 3.63) is 60.2 Å². The zero-order valence-corrected chi connectivity index (χ0v) is 18.2. The number of hydrogen-bond donors (Lipinski definition) is 4. The Morgan fingerprint density at radius 3 is 2.41 bits per heavy atom. The van der Waals surface area contributed by atoms with Crippen LogP contribution in [0.1, 0.15) is 12.0 Å². The van der Waals surface area contributed by atoms with Gasteiger partial charge in [0.25, 0.3) is 0 Å². The van der Waals surface area contributed by atoms with Crippen LogP contribution in [-0.2, 0) is 15.3 Å². The zero-order chi connectivity index (χ0) is 19.1. The fourth-order valence-electron chi connectivity index (χ4n) is 2.94. The number of rotatable bonds is 7. The molecular formula is C20H26Cl2N4O2S. The van der Waals surface area contributed by atoms with Crippen LogP contribution in [-0.4, -0.2) is 37.0 Å². The molecule has 0 saturated carbocycles. The maximum atomic E-state index is 12.4. The first-order valence-electron chi connectivity index (χ1n) is 8.94. The molecule has 1 heterocycles. The normalized spacial score (nSPS) is 17.6. The molecule has 5 N–H and O–H groups in total. The Morgan fingerprint density at radius 1 is 1.07 bits per heavy atom. The Morgan fingerprint density at radius 2 is 1.76 bits per heavy atom. The Labute approximate surface area is 187 Å². The summed E-state index contributed by atoms with van der Waals surface area (Å²) in [6.07, 6.45) is 0.558. The molecule has 0 aromatic heterocycles. The number of nitrogens with two attached hydrogens (primary N) is 1. The van der Waals surface area contributed by atoms with Crippen LogP contribution in [0.4, 0.5) is 5.69 Å². The minimum absolute atomic E-state index is 0. The minimum atomic E-state index is -0.319. The van der Waals surface area contributed by atoms with Crippen LogP contribution in [0.5, 0.6) is 0 Å². The minimum Gasteiger partial charge on any atom is -0.351 e. The highest BCUT2D eigenvalue weighted by Gasteiger charge is 2.30. The summed E-state index contributed by atoms with van der Waals surface area (Å²) >= 11 is 1.76. The van der Waals surface area contributed by atoms with E-state index in [4.69, 9.17) is 5.73 Å². The maximum Gasteiger partial charge on any atom is 0.241 e. The first-order chi connectivity index (χ1) is 13.1. The van der Waals surface area contributed by atoms with Gasteiger partial charge in [-0.15, -0.1) is 36.6 Å². The standard InChI is InChI=1S/C20H24N4O2S.2ClH/c21-11-19(25)23-16-10-18(22-12-16)20(26)24-15-6-8-17(9-7-15)27-13-14-4-2-1-3-5-14;;/h1-9,16,18,22H,10-13,21H2,(H,23,25)(H,24,26);2*1H/t16?,18-;;/m0../s1. The van der Waals surface area contributed by atoms with Gasteiger partial charge in [0.2, 0.25) is 11.8 Å². The van der Waals surface area contributed by atoms with Gasteiger partial charge in [-0.25, -0.2) is 0 Å². The Balaban J connectivity index is 0.00000210. The molecule has 2 amide bonds. The lowest BCUT2D eigenvalue weighted by atomic mass is 10.1. The van der Waals surface area contributed by atoms with Gasteiger partial charge in [0, 0.05) is 28.9 Å². The molecule has 2 atom stereocenters. The molecule has 0 bridgehead atoms. The number of amides is 2. The highest BCUT2D eigenvalue weighted by atomic mass is 35.5. The molecule has 1 saturated heterocycles. The zero-order valence-electron chi connectivity index (χ0n) is 15.8. The van der Waals surface area contributed by atoms with Crippen LogP contribution >= 0.6 is 36.6 Å². The second kappa shape index (κ2) is 12.7. The van der Waals surface area contributed by atoms with E-state index < -0.39 is 0 Å². The van der Waals surface area contributed by atoms with Crippen LogP contribution in [0.25, 0.3) is 0 Å². The molecule has 9 heteroatoms. The van der Waals surface area contributed by atoms with E-state index in [1.54, 1.807) is 11.8 Å². The van der Waals surface area contributed by atoms with Gasteiger partial charge in [-0.1, -0.05) is 30.3 Å². The van der Waals surface area contributed by atoms with Crippen LogP contribution in [0, 0.1) is 0 Å². The summed E-state index contributed by atoms with van der Waals surface area (Å²) in [6.45, 7) is 0.529. The van der Waals surface area contributed by atoms with Crippen molar-refractivity contribution in [1.29, 1.82) is 0 Å². The molecule has 6 nitrogen and oxygen atoms in total. The molecule has 1 aliphatic heterocycles. The van der Waals surface area contributed by atoms with E-state index in [0.29, 0.717) is 13.0 Å². The van der Waals surface area contributed by atoms with Crippen molar-refractivity contribution in [2.24, 2.45) is 5.73 Å². The van der Waals surface area contributed by atoms with Gasteiger partial charge in [-0.2, -0.15) is 0 Å². The summed E-state index contributed by atoms with van der Waals surface area (Å²) in [7, 11) is 0. The summed E-state index contributed by atoms with van der Waals surface area (Å²) in [5, 5.41) is 8.86. The fraction of sp³-hybridized carbons (Fsp3) is 0.300. The van der Waals surface area contributed by atoms with E-state index in [9.17, 15) is 9.59 Å². The van der Waals surface area contributed by atoms with E-state index in [1.807, 2.05) is 42.5 Å². The van der Waals surface area contributed by atoms with Gasteiger partial charge in [-0.05, 0) is 36.2 Å². The third-order valence-electron chi connectivity index (χ3n) is 4.37. The topological polar surface area (TPSA) is 96.2 Å². The van der Waals surface area contributed by atoms with Crippen molar-refractivity contribution >= 4 is 54.1 Å². The third-order valence-corrected chi connectivity index (χ3v) is 5.45. The number of halogens is 2. The summed E-state index contributed by atoms with van der Waals surface area (Å²) in [5.74, 6) is 0.615. The molecule has 158 valence electrons. The summed E-state index contributed by atoms with van der Waals surface area (Å²) < 4.78 is 0. The monoisotopic (exact) mass is 456 g/mol. The van der Waals surface area contributed by atoms with Crippen molar-refractivity contribution in [3.63, 3.8) is 0 Å². The van der Waals surface area contributed by atoms with Gasteiger partial charge in [0.1, 0.15) is 0 Å². The lowest BCUT2D eigenvalue weighted by Crippen LogP contribution is -2.39. The van der Waals surface area contributed by atoms with Crippen molar-refractivity contribution in [2.45, 2.75) is 29.2 Å². The fourth-order valence-corrected chi connectivity index (χ4v) is 3.79. The predicted octanol–water partition coefficient (Wildman–Crippen LogP) is 2.57. The van der Waals surface area contributed by atoms with Gasteiger partial charge in [-0.3, -0.25) is 9.59 Å². The van der Waals surface area contributed by atoms with Gasteiger partial charge >= 0.3 is 0 Å². The smallest absolute Gasteiger partial charge is 0.241 e. The van der Waals surface area contributed by atoms with E-state index >= 15 is 0 Å². The quantitative estimate of drug-likeness (QED) is 0.480. The van der Waals surface area contributed by atoms with Gasteiger partial charge < -0.3 is 21.7 Å². The van der Waals surface area contributed by atoms with Crippen molar-refractivity contribution in [1.82, 2.24) is 10.6 Å². The largest absolute Gasteiger partial charge is 0.351 e. The second-order valence-electron chi connectivity index (χ2n) is 6.45. The van der Waals surface area contributed by atoms with Crippen molar-refractivity contribution in [3.8, 4) is 0 Å². The molecule has 3 rings (SSSR count). The number of thioether (sulfide) groups is 1. The molecule has 2 aromatic rings. The predicted molar refractivity (Wildman–Crippen MR) is 123 cm³/mol. The number of hydrogen-bond acceptors (Lipinski definition) is 5. The molecule has 0 aliphatic carbocycles. The van der Waals surface area contributed by atoms with E-state index in [1.165, 1.54) is 5.56 Å². The summed E-state index contributed by atoms with van der Waals surface area (Å²) in [6, 6.07) is 17.8. The number of carbonyl (C=O) groups excluding carboxylic acids is 2. The number of benzene rings is 2. The van der Waals surface area contributed by atoms with Crippen molar-refractivity contribution < 1.29 is 9.59 Å². The van der Waals surface area contributed by atoms with E-state index in [0.717, 1.165) is 16.3 Å². The summed E-state index contributed by atoms with van der Waals surface area (Å²) in [5.41, 5.74) is 7.35. The lowest BCUT2D eigenvalue weighted by Gasteiger charge is -2.12. The summed E-state index contributed by atoms with van der Waals surface area (Å²) in [4.78, 5) is 24.9. The third kappa shape index (κ3) is 7.87. The molecule has 2 aromatic carbocycles. The molecule has 0 spiro atoms. The number of nitrogens with one attached hydrogen (secondary N) is 3. The van der Waals surface area contributed by atoms with E-state index in [-0.39, 0.29) is 55.3 Å². The lowest BCUT2D eigenvalue weighted by molar-refractivity contribution is -0.121. The van der Waals surface area contributed by atoms with Crippen LogP contribution in [0.15, 0.2) is 59.5 Å². The van der Waals surface area contributed by atoms with Gasteiger partial charge in [0.05, 0.1) is 12.6 Å². The number of carbonyl (C=O) groups is 2. The van der Waals surface area contributed by atoms with Crippen LogP contribution in [0.2, 0.25) is 0 Å². The molecule has 1 unspecified atom stereocenters. The molecule has 29 heavy (non-hydrogen) atoms. The molecular weight excluding hydrogens is 431 g/mol. The number of anilines is 1. The average molecular weight is 457 g/mol. The van der Waals surface area contributed by atoms with Crippen LogP contribution in [0.3, 0.4) is 0 Å². The van der Waals surface area contributed by atoms with Gasteiger partial charge in [0.15, 0.2) is 0 Å². The second-order valence-corrected chi connectivity index (χ2v) is 7.50. The Bertz CT molecular complexity index is 778. The van der Waals surface area contributed by atoms with E-state index in [2.05, 4.69) is 28.1 Å².